The Morgan fingerprint density at radius 1 is 1.15 bits per heavy atom. The molecule has 0 aromatic heterocycles. The highest BCUT2D eigenvalue weighted by atomic mass is 32.1. The molecule has 0 unspecified atom stereocenters. The molecule has 1 saturated heterocycles. The summed E-state index contributed by atoms with van der Waals surface area (Å²) < 4.78 is 18.7. The van der Waals surface area contributed by atoms with E-state index in [1.165, 1.54) is 43.5 Å². The van der Waals surface area contributed by atoms with Gasteiger partial charge < -0.3 is 4.74 Å². The van der Waals surface area contributed by atoms with Gasteiger partial charge in [0.1, 0.15) is 11.4 Å². The van der Waals surface area contributed by atoms with E-state index >= 15 is 0 Å². The predicted octanol–water partition coefficient (Wildman–Crippen LogP) is 2.44. The van der Waals surface area contributed by atoms with Crippen LogP contribution >= 0.6 is 12.2 Å². The summed E-state index contributed by atoms with van der Waals surface area (Å²) in [6, 6.07) is 11.7. The topological polar surface area (TPSA) is 75.7 Å². The summed E-state index contributed by atoms with van der Waals surface area (Å²) in [7, 11) is 1.27. The van der Waals surface area contributed by atoms with Crippen molar-refractivity contribution in [2.45, 2.75) is 0 Å². The van der Waals surface area contributed by atoms with Gasteiger partial charge in [-0.2, -0.15) is 0 Å². The van der Waals surface area contributed by atoms with Crippen LogP contribution in [0.1, 0.15) is 15.9 Å². The molecule has 6 nitrogen and oxygen atoms in total. The highest BCUT2D eigenvalue weighted by Crippen LogP contribution is 2.24. The number of hydrogen-bond donors (Lipinski definition) is 1. The van der Waals surface area contributed by atoms with Gasteiger partial charge in [-0.05, 0) is 48.1 Å². The fraction of sp³-hybridized carbons (Fsp3) is 0.0526. The Hall–Kier alpha value is -3.39. The van der Waals surface area contributed by atoms with Crippen molar-refractivity contribution in [2.75, 3.05) is 12.0 Å². The lowest BCUT2D eigenvalue weighted by atomic mass is 10.1. The molecule has 0 spiro atoms. The van der Waals surface area contributed by atoms with Crippen LogP contribution in [0.15, 0.2) is 54.1 Å². The first kappa shape index (κ1) is 18.4. The number of nitrogens with zero attached hydrogens (tertiary/aromatic N) is 1. The van der Waals surface area contributed by atoms with Gasteiger partial charge in [-0.15, -0.1) is 0 Å². The molecule has 1 fully saturated rings. The van der Waals surface area contributed by atoms with Crippen LogP contribution in [0.5, 0.6) is 0 Å². The number of benzene rings is 2. The number of carbonyl (C=O) groups excluding carboxylic acids is 3. The number of ether oxygens (including phenoxy) is 1. The first-order valence-corrected chi connectivity index (χ1v) is 8.17. The van der Waals surface area contributed by atoms with Crippen molar-refractivity contribution in [3.05, 3.63) is 71.0 Å². The van der Waals surface area contributed by atoms with Crippen LogP contribution in [0.3, 0.4) is 0 Å². The summed E-state index contributed by atoms with van der Waals surface area (Å²) in [5, 5.41) is 2.18. The molecule has 8 heteroatoms. The van der Waals surface area contributed by atoms with Crippen LogP contribution in [-0.4, -0.2) is 30.0 Å². The number of amides is 2. The van der Waals surface area contributed by atoms with E-state index in [1.807, 2.05) is 0 Å². The molecule has 3 rings (SSSR count). The standard InChI is InChI=1S/C19H13FN2O4S/c1-26-18(25)12-8-6-11(7-9-12)10-13-16(23)21-19(27)22(17(13)24)15-5-3-2-4-14(15)20/h2-10H,1H3,(H,21,23,27)/b13-10+. The van der Waals surface area contributed by atoms with Crippen molar-refractivity contribution in [3.63, 3.8) is 0 Å². The fourth-order valence-electron chi connectivity index (χ4n) is 2.51. The van der Waals surface area contributed by atoms with Crippen LogP contribution < -0.4 is 10.2 Å². The number of carbonyl (C=O) groups is 3. The molecule has 1 aliphatic heterocycles. The molecule has 136 valence electrons. The summed E-state index contributed by atoms with van der Waals surface area (Å²) in [4.78, 5) is 37.4. The number of halogens is 1. The second-order valence-corrected chi connectivity index (χ2v) is 5.91. The Balaban J connectivity index is 1.97. The zero-order valence-electron chi connectivity index (χ0n) is 14.1. The molecule has 1 aliphatic rings. The molecule has 1 N–H and O–H groups in total. The molecular weight excluding hydrogens is 371 g/mol. The molecule has 0 bridgehead atoms. The normalized spacial score (nSPS) is 15.7. The van der Waals surface area contributed by atoms with Gasteiger partial charge in [-0.3, -0.25) is 14.9 Å². The van der Waals surface area contributed by atoms with Gasteiger partial charge in [0.15, 0.2) is 5.11 Å². The average molecular weight is 384 g/mol. The van der Waals surface area contributed by atoms with Crippen molar-refractivity contribution < 1.29 is 23.5 Å². The van der Waals surface area contributed by atoms with Gasteiger partial charge in [0.25, 0.3) is 11.8 Å². The van der Waals surface area contributed by atoms with E-state index in [-0.39, 0.29) is 16.4 Å². The second-order valence-electron chi connectivity index (χ2n) is 5.52. The summed E-state index contributed by atoms with van der Waals surface area (Å²) in [5.74, 6) is -2.58. The van der Waals surface area contributed by atoms with Gasteiger partial charge in [0.2, 0.25) is 0 Å². The predicted molar refractivity (Wildman–Crippen MR) is 100 cm³/mol. The van der Waals surface area contributed by atoms with Gasteiger partial charge in [0, 0.05) is 0 Å². The third kappa shape index (κ3) is 3.61. The van der Waals surface area contributed by atoms with E-state index in [0.717, 1.165) is 4.90 Å². The van der Waals surface area contributed by atoms with Gasteiger partial charge in [-0.1, -0.05) is 24.3 Å². The van der Waals surface area contributed by atoms with Crippen LogP contribution in [0.4, 0.5) is 10.1 Å². The molecule has 1 heterocycles. The van der Waals surface area contributed by atoms with Crippen LogP contribution in [0, 0.1) is 5.82 Å². The highest BCUT2D eigenvalue weighted by Gasteiger charge is 2.35. The first-order chi connectivity index (χ1) is 12.9. The van der Waals surface area contributed by atoms with Crippen molar-refractivity contribution >= 4 is 46.9 Å². The maximum absolute atomic E-state index is 14.1. The van der Waals surface area contributed by atoms with Crippen molar-refractivity contribution in [1.29, 1.82) is 0 Å². The molecule has 27 heavy (non-hydrogen) atoms. The van der Waals surface area contributed by atoms with Gasteiger partial charge in [-0.25, -0.2) is 14.1 Å². The SMILES string of the molecule is COC(=O)c1ccc(/C=C2\C(=O)NC(=S)N(c3ccccc3F)C2=O)cc1. The van der Waals surface area contributed by atoms with E-state index in [4.69, 9.17) is 12.2 Å². The third-order valence-electron chi connectivity index (χ3n) is 3.84. The number of methoxy groups -OCH3 is 1. The minimum absolute atomic E-state index is 0.0561. The lowest BCUT2D eigenvalue weighted by Crippen LogP contribution is -2.54. The molecular formula is C19H13FN2O4S. The van der Waals surface area contributed by atoms with E-state index in [1.54, 1.807) is 18.2 Å². The van der Waals surface area contributed by atoms with E-state index < -0.39 is 23.6 Å². The maximum Gasteiger partial charge on any atom is 0.337 e. The molecule has 0 saturated carbocycles. The number of para-hydroxylation sites is 1. The van der Waals surface area contributed by atoms with E-state index in [0.29, 0.717) is 11.1 Å². The largest absolute Gasteiger partial charge is 0.465 e. The number of nitrogens with one attached hydrogen (secondary N) is 1. The van der Waals surface area contributed by atoms with E-state index in [9.17, 15) is 18.8 Å². The number of anilines is 1. The minimum Gasteiger partial charge on any atom is -0.465 e. The molecule has 2 aromatic carbocycles. The zero-order valence-corrected chi connectivity index (χ0v) is 14.9. The monoisotopic (exact) mass is 384 g/mol. The molecule has 0 radical (unpaired) electrons. The Morgan fingerprint density at radius 2 is 1.81 bits per heavy atom. The lowest BCUT2D eigenvalue weighted by Gasteiger charge is -2.29. The summed E-state index contributed by atoms with van der Waals surface area (Å²) in [6.45, 7) is 0. The average Bonchev–Trinajstić information content (AvgIpc) is 2.66. The zero-order chi connectivity index (χ0) is 19.6. The first-order valence-electron chi connectivity index (χ1n) is 7.76. The smallest absolute Gasteiger partial charge is 0.337 e. The summed E-state index contributed by atoms with van der Waals surface area (Å²) in [6.07, 6.45) is 1.34. The highest BCUT2D eigenvalue weighted by molar-refractivity contribution is 7.80. The van der Waals surface area contributed by atoms with Crippen LogP contribution in [-0.2, 0) is 14.3 Å². The summed E-state index contributed by atoms with van der Waals surface area (Å²) >= 11 is 5.03. The Labute approximate surface area is 159 Å². The quantitative estimate of drug-likeness (QED) is 0.381. The van der Waals surface area contributed by atoms with Crippen molar-refractivity contribution in [2.24, 2.45) is 0 Å². The lowest BCUT2D eigenvalue weighted by molar-refractivity contribution is -0.122. The molecule has 0 aliphatic carbocycles. The Bertz CT molecular complexity index is 985. The van der Waals surface area contributed by atoms with Crippen LogP contribution in [0.2, 0.25) is 0 Å². The Morgan fingerprint density at radius 3 is 2.44 bits per heavy atom. The number of thiocarbonyl (C=S) groups is 1. The van der Waals surface area contributed by atoms with Gasteiger partial charge in [0.05, 0.1) is 18.4 Å². The van der Waals surface area contributed by atoms with Gasteiger partial charge >= 0.3 is 5.97 Å². The Kier molecular flexibility index (Phi) is 5.09. The number of esters is 1. The van der Waals surface area contributed by atoms with Crippen LogP contribution in [0.25, 0.3) is 6.08 Å². The molecule has 0 atom stereocenters. The minimum atomic E-state index is -0.745. The maximum atomic E-state index is 14.1. The number of rotatable bonds is 3. The van der Waals surface area contributed by atoms with E-state index in [2.05, 4.69) is 10.1 Å². The van der Waals surface area contributed by atoms with Crippen molar-refractivity contribution in [3.8, 4) is 0 Å². The fourth-order valence-corrected chi connectivity index (χ4v) is 2.78. The third-order valence-corrected chi connectivity index (χ3v) is 4.12. The molecule has 2 amide bonds. The number of hydrogen-bond acceptors (Lipinski definition) is 5. The molecule has 2 aromatic rings. The second kappa shape index (κ2) is 7.46. The summed E-state index contributed by atoms with van der Waals surface area (Å²) in [5.41, 5.74) is 0.563. The van der Waals surface area contributed by atoms with Crippen molar-refractivity contribution in [1.82, 2.24) is 5.32 Å².